The van der Waals surface area contributed by atoms with E-state index in [4.69, 9.17) is 4.74 Å². The first-order valence-corrected chi connectivity index (χ1v) is 9.72. The number of nitrogens with one attached hydrogen (secondary N) is 2. The monoisotopic (exact) mass is 420 g/mol. The number of hydrogen-bond acceptors (Lipinski definition) is 5. The maximum Gasteiger partial charge on any atom is 0.340 e. The second-order valence-corrected chi connectivity index (χ2v) is 7.06. The molecule has 160 valence electrons. The maximum atomic E-state index is 12.6. The Hall–Kier alpha value is -3.94. The van der Waals surface area contributed by atoms with Gasteiger partial charge in [-0.15, -0.1) is 0 Å². The highest BCUT2D eigenvalue weighted by Gasteiger charge is 2.22. The Morgan fingerprint density at radius 1 is 1.10 bits per heavy atom. The van der Waals surface area contributed by atoms with Crippen molar-refractivity contribution < 1.29 is 19.1 Å². The fourth-order valence-corrected chi connectivity index (χ4v) is 3.19. The first-order valence-electron chi connectivity index (χ1n) is 9.72. The lowest BCUT2D eigenvalue weighted by atomic mass is 10.1. The van der Waals surface area contributed by atoms with E-state index in [1.165, 1.54) is 6.92 Å². The van der Waals surface area contributed by atoms with E-state index in [0.29, 0.717) is 17.1 Å². The van der Waals surface area contributed by atoms with E-state index in [9.17, 15) is 14.4 Å². The molecule has 0 spiro atoms. The van der Waals surface area contributed by atoms with Crippen LogP contribution in [0.2, 0.25) is 0 Å². The number of rotatable bonds is 7. The van der Waals surface area contributed by atoms with Crippen LogP contribution in [0, 0.1) is 6.92 Å². The largest absolute Gasteiger partial charge is 0.452 e. The van der Waals surface area contributed by atoms with Gasteiger partial charge < -0.3 is 19.9 Å². The number of amides is 2. The minimum absolute atomic E-state index is 0.187. The van der Waals surface area contributed by atoms with Crippen molar-refractivity contribution in [2.75, 3.05) is 11.9 Å². The summed E-state index contributed by atoms with van der Waals surface area (Å²) in [4.78, 5) is 41.0. The predicted octanol–water partition coefficient (Wildman–Crippen LogP) is 2.75. The molecule has 3 aromatic rings. The number of anilines is 1. The van der Waals surface area contributed by atoms with Crippen molar-refractivity contribution in [3.8, 4) is 0 Å². The van der Waals surface area contributed by atoms with Crippen LogP contribution in [-0.4, -0.2) is 33.9 Å². The molecule has 1 aromatic heterocycles. The van der Waals surface area contributed by atoms with E-state index >= 15 is 0 Å². The molecule has 0 saturated heterocycles. The molecule has 0 aliphatic heterocycles. The molecule has 31 heavy (non-hydrogen) atoms. The third-order valence-corrected chi connectivity index (χ3v) is 4.68. The Morgan fingerprint density at radius 2 is 1.84 bits per heavy atom. The lowest BCUT2D eigenvalue weighted by molar-refractivity contribution is -0.124. The van der Waals surface area contributed by atoms with Gasteiger partial charge in [-0.1, -0.05) is 42.5 Å². The molecule has 2 aromatic carbocycles. The van der Waals surface area contributed by atoms with E-state index in [-0.39, 0.29) is 11.5 Å². The van der Waals surface area contributed by atoms with Gasteiger partial charge in [0.15, 0.2) is 6.61 Å². The summed E-state index contributed by atoms with van der Waals surface area (Å²) in [6.45, 7) is 2.66. The lowest BCUT2D eigenvalue weighted by Crippen LogP contribution is -2.34. The van der Waals surface area contributed by atoms with Gasteiger partial charge in [-0.05, 0) is 24.1 Å². The quantitative estimate of drug-likeness (QED) is 0.572. The van der Waals surface area contributed by atoms with Crippen LogP contribution in [0.5, 0.6) is 0 Å². The highest BCUT2D eigenvalue weighted by atomic mass is 16.5. The highest BCUT2D eigenvalue weighted by molar-refractivity contribution is 6.02. The van der Waals surface area contributed by atoms with Crippen LogP contribution in [0.1, 0.15) is 40.3 Å². The Morgan fingerprint density at radius 3 is 2.48 bits per heavy atom. The third-order valence-electron chi connectivity index (χ3n) is 4.68. The summed E-state index contributed by atoms with van der Waals surface area (Å²) in [5.74, 6) is -0.825. The van der Waals surface area contributed by atoms with Gasteiger partial charge in [-0.3, -0.25) is 9.59 Å². The molecule has 1 heterocycles. The number of hydrogen-bond donors (Lipinski definition) is 2. The minimum atomic E-state index is -0.698. The van der Waals surface area contributed by atoms with Gasteiger partial charge in [0.1, 0.15) is 11.9 Å². The van der Waals surface area contributed by atoms with Crippen molar-refractivity contribution in [2.45, 2.75) is 19.9 Å². The molecule has 0 bridgehead atoms. The summed E-state index contributed by atoms with van der Waals surface area (Å²) in [6, 6.07) is 13.9. The minimum Gasteiger partial charge on any atom is -0.452 e. The summed E-state index contributed by atoms with van der Waals surface area (Å²) in [7, 11) is 1.84. The number of ether oxygens (including phenoxy) is 1. The van der Waals surface area contributed by atoms with Crippen molar-refractivity contribution in [1.29, 1.82) is 0 Å². The van der Waals surface area contributed by atoms with Gasteiger partial charge in [0.2, 0.25) is 5.91 Å². The Kier molecular flexibility index (Phi) is 6.81. The molecule has 1 atom stereocenters. The number of carbonyl (C=O) groups excluding carboxylic acids is 3. The van der Waals surface area contributed by atoms with E-state index in [1.807, 2.05) is 41.9 Å². The van der Waals surface area contributed by atoms with Crippen molar-refractivity contribution in [1.82, 2.24) is 14.9 Å². The van der Waals surface area contributed by atoms with Gasteiger partial charge in [0, 0.05) is 26.4 Å². The molecule has 0 fully saturated rings. The highest BCUT2D eigenvalue weighted by Crippen LogP contribution is 2.22. The molecule has 0 aliphatic carbocycles. The van der Waals surface area contributed by atoms with Crippen LogP contribution >= 0.6 is 0 Å². The van der Waals surface area contributed by atoms with Crippen LogP contribution in [-0.2, 0) is 21.4 Å². The predicted molar refractivity (Wildman–Crippen MR) is 115 cm³/mol. The lowest BCUT2D eigenvalue weighted by Gasteiger charge is -2.19. The number of esters is 1. The summed E-state index contributed by atoms with van der Waals surface area (Å²) >= 11 is 0. The van der Waals surface area contributed by atoms with Gasteiger partial charge in [0.25, 0.3) is 5.91 Å². The summed E-state index contributed by atoms with van der Waals surface area (Å²) in [6.07, 6.45) is 3.44. The van der Waals surface area contributed by atoms with E-state index < -0.39 is 24.5 Å². The van der Waals surface area contributed by atoms with Gasteiger partial charge in [-0.25, -0.2) is 9.78 Å². The van der Waals surface area contributed by atoms with Gasteiger partial charge in [-0.2, -0.15) is 0 Å². The average Bonchev–Trinajstić information content (AvgIpc) is 3.17. The summed E-state index contributed by atoms with van der Waals surface area (Å²) in [5.41, 5.74) is 2.12. The normalized spacial score (nSPS) is 11.5. The number of imidazole rings is 1. The zero-order valence-corrected chi connectivity index (χ0v) is 17.6. The van der Waals surface area contributed by atoms with Crippen LogP contribution in [0.4, 0.5) is 5.69 Å². The van der Waals surface area contributed by atoms with E-state index in [2.05, 4.69) is 15.6 Å². The number of aromatic nitrogens is 2. The molecular formula is C23H24N4O4. The summed E-state index contributed by atoms with van der Waals surface area (Å²) in [5, 5.41) is 5.51. The van der Waals surface area contributed by atoms with Crippen LogP contribution in [0.15, 0.2) is 60.9 Å². The maximum absolute atomic E-state index is 12.6. The smallest absolute Gasteiger partial charge is 0.340 e. The van der Waals surface area contributed by atoms with Crippen molar-refractivity contribution in [3.05, 3.63) is 83.4 Å². The Balaban J connectivity index is 1.72. The molecule has 8 nitrogen and oxygen atoms in total. The van der Waals surface area contributed by atoms with Crippen molar-refractivity contribution in [3.63, 3.8) is 0 Å². The Labute approximate surface area is 180 Å². The van der Waals surface area contributed by atoms with Crippen molar-refractivity contribution >= 4 is 23.5 Å². The first kappa shape index (κ1) is 21.8. The fourth-order valence-electron chi connectivity index (χ4n) is 3.19. The third kappa shape index (κ3) is 5.36. The average molecular weight is 420 g/mol. The molecule has 0 radical (unpaired) electrons. The zero-order valence-electron chi connectivity index (χ0n) is 17.6. The first-order chi connectivity index (χ1) is 14.9. The molecule has 0 saturated carbocycles. The van der Waals surface area contributed by atoms with Crippen LogP contribution < -0.4 is 10.6 Å². The topological polar surface area (TPSA) is 102 Å². The second-order valence-electron chi connectivity index (χ2n) is 7.06. The molecule has 8 heteroatoms. The molecule has 2 amide bonds. The van der Waals surface area contributed by atoms with Crippen LogP contribution in [0.3, 0.4) is 0 Å². The van der Waals surface area contributed by atoms with Gasteiger partial charge in [0.05, 0.1) is 11.3 Å². The second kappa shape index (κ2) is 9.71. The fraction of sp³-hybridized carbons (Fsp3) is 0.217. The standard InChI is InChI=1S/C23H24N4O4/c1-15-8-7-11-18(20(15)25-16(2)28)23(30)31-14-19(29)26-21(17-9-5-4-6-10-17)22-24-12-13-27(22)3/h4-13,21H,14H2,1-3H3,(H,25,28)(H,26,29). The van der Waals surface area contributed by atoms with Crippen molar-refractivity contribution in [2.24, 2.45) is 7.05 Å². The summed E-state index contributed by atoms with van der Waals surface area (Å²) < 4.78 is 7.04. The number of nitrogens with zero attached hydrogens (tertiary/aromatic N) is 2. The van der Waals surface area contributed by atoms with E-state index in [0.717, 1.165) is 5.56 Å². The number of para-hydroxylation sites is 1. The number of aryl methyl sites for hydroxylation is 2. The zero-order chi connectivity index (χ0) is 22.4. The molecular weight excluding hydrogens is 396 g/mol. The molecule has 2 N–H and O–H groups in total. The Bertz CT molecular complexity index is 1090. The van der Waals surface area contributed by atoms with E-state index in [1.54, 1.807) is 37.5 Å². The van der Waals surface area contributed by atoms with Crippen LogP contribution in [0.25, 0.3) is 0 Å². The van der Waals surface area contributed by atoms with Gasteiger partial charge >= 0.3 is 5.97 Å². The SMILES string of the molecule is CC(=O)Nc1c(C)cccc1C(=O)OCC(=O)NC(c1ccccc1)c1nccn1C. The number of carbonyl (C=O) groups is 3. The number of benzene rings is 2. The molecule has 1 unspecified atom stereocenters. The molecule has 3 rings (SSSR count). The molecule has 0 aliphatic rings.